The molecule has 0 aromatic heterocycles. The van der Waals surface area contributed by atoms with E-state index in [1.165, 1.54) is 49.7 Å². The second-order valence-electron chi connectivity index (χ2n) is 5.82. The molecule has 2 aliphatic carbocycles. The predicted octanol–water partition coefficient (Wildman–Crippen LogP) is 4.58. The maximum atomic E-state index is 11.8. The van der Waals surface area contributed by atoms with E-state index in [1.807, 2.05) is 19.1 Å². The molecule has 20 heavy (non-hydrogen) atoms. The van der Waals surface area contributed by atoms with E-state index in [2.05, 4.69) is 19.1 Å². The largest absolute Gasteiger partial charge is 0.465 e. The van der Waals surface area contributed by atoms with Gasteiger partial charge >= 0.3 is 5.97 Å². The minimum atomic E-state index is -0.209. The van der Waals surface area contributed by atoms with Crippen molar-refractivity contribution in [1.29, 1.82) is 0 Å². The van der Waals surface area contributed by atoms with Gasteiger partial charge in [-0.2, -0.15) is 0 Å². The number of rotatable bonds is 6. The summed E-state index contributed by atoms with van der Waals surface area (Å²) in [7, 11) is 0. The Labute approximate surface area is 122 Å². The van der Waals surface area contributed by atoms with Crippen LogP contribution in [0.5, 0.6) is 0 Å². The lowest BCUT2D eigenvalue weighted by Crippen LogP contribution is -2.13. The molecule has 2 heteroatoms. The molecule has 0 radical (unpaired) electrons. The lowest BCUT2D eigenvalue weighted by atomic mass is 9.96. The van der Waals surface area contributed by atoms with Crippen molar-refractivity contribution in [2.45, 2.75) is 52.4 Å². The van der Waals surface area contributed by atoms with Crippen LogP contribution < -0.4 is 0 Å². The zero-order valence-electron chi connectivity index (χ0n) is 12.7. The van der Waals surface area contributed by atoms with E-state index in [9.17, 15) is 4.79 Å². The first-order valence-electron chi connectivity index (χ1n) is 7.99. The normalized spacial score (nSPS) is 19.3. The molecule has 0 aromatic rings. The van der Waals surface area contributed by atoms with E-state index in [0.29, 0.717) is 6.61 Å². The van der Waals surface area contributed by atoms with Gasteiger partial charge in [-0.25, -0.2) is 0 Å². The Morgan fingerprint density at radius 3 is 2.35 bits per heavy atom. The molecule has 2 aliphatic rings. The van der Waals surface area contributed by atoms with Crippen LogP contribution in [0.3, 0.4) is 0 Å². The zero-order chi connectivity index (χ0) is 14.4. The van der Waals surface area contributed by atoms with E-state index >= 15 is 0 Å². The fraction of sp³-hybridized carbons (Fsp3) is 0.611. The Morgan fingerprint density at radius 2 is 1.80 bits per heavy atom. The van der Waals surface area contributed by atoms with Crippen LogP contribution in [0.2, 0.25) is 0 Å². The summed E-state index contributed by atoms with van der Waals surface area (Å²) in [5.41, 5.74) is 2.85. The average Bonchev–Trinajstić information content (AvgIpc) is 2.71. The Balaban J connectivity index is 1.89. The van der Waals surface area contributed by atoms with Crippen molar-refractivity contribution in [3.8, 4) is 0 Å². The van der Waals surface area contributed by atoms with Gasteiger partial charge in [-0.3, -0.25) is 4.79 Å². The number of allylic oxidation sites excluding steroid dienone is 4. The molecule has 0 spiro atoms. The van der Waals surface area contributed by atoms with Crippen molar-refractivity contribution in [2.24, 2.45) is 11.8 Å². The minimum Gasteiger partial charge on any atom is -0.465 e. The molecule has 0 heterocycles. The van der Waals surface area contributed by atoms with Gasteiger partial charge < -0.3 is 4.74 Å². The summed E-state index contributed by atoms with van der Waals surface area (Å²) in [5, 5.41) is 0. The summed E-state index contributed by atoms with van der Waals surface area (Å²) >= 11 is 0. The molecule has 0 amide bonds. The summed E-state index contributed by atoms with van der Waals surface area (Å²) in [6, 6.07) is 0. The van der Waals surface area contributed by atoms with Gasteiger partial charge in [0.2, 0.25) is 0 Å². The number of esters is 1. The molecular formula is C18H26O2. The first kappa shape index (κ1) is 15.1. The van der Waals surface area contributed by atoms with Crippen LogP contribution >= 0.6 is 0 Å². The lowest BCUT2D eigenvalue weighted by Gasteiger charge is -2.10. The Bertz CT molecular complexity index is 403. The molecule has 0 aliphatic heterocycles. The molecule has 0 saturated heterocycles. The first-order chi connectivity index (χ1) is 9.74. The zero-order valence-corrected chi connectivity index (χ0v) is 12.7. The highest BCUT2D eigenvalue weighted by atomic mass is 16.5. The van der Waals surface area contributed by atoms with Crippen LogP contribution in [0.4, 0.5) is 0 Å². The third kappa shape index (κ3) is 3.84. The number of hydrogen-bond acceptors (Lipinski definition) is 2. The average molecular weight is 274 g/mol. The number of carbonyl (C=O) groups excluding carboxylic acids is 1. The van der Waals surface area contributed by atoms with Gasteiger partial charge in [0.1, 0.15) is 0 Å². The molecule has 0 bridgehead atoms. The second kappa shape index (κ2) is 7.47. The summed E-state index contributed by atoms with van der Waals surface area (Å²) < 4.78 is 5.09. The molecule has 110 valence electrons. The predicted molar refractivity (Wildman–Crippen MR) is 82.3 cm³/mol. The van der Waals surface area contributed by atoms with E-state index in [4.69, 9.17) is 4.74 Å². The molecule has 0 atom stereocenters. The Morgan fingerprint density at radius 1 is 1.15 bits per heavy atom. The summed E-state index contributed by atoms with van der Waals surface area (Å²) in [6.07, 6.45) is 16.0. The van der Waals surface area contributed by atoms with Crippen LogP contribution in [0, 0.1) is 11.8 Å². The third-order valence-corrected chi connectivity index (χ3v) is 4.21. The second-order valence-corrected chi connectivity index (χ2v) is 5.82. The summed E-state index contributed by atoms with van der Waals surface area (Å²) in [6.45, 7) is 4.55. The Hall–Kier alpha value is -1.31. The van der Waals surface area contributed by atoms with Crippen LogP contribution in [0.1, 0.15) is 52.4 Å². The van der Waals surface area contributed by atoms with Crippen LogP contribution in [0.25, 0.3) is 0 Å². The van der Waals surface area contributed by atoms with Gasteiger partial charge in [-0.15, -0.1) is 0 Å². The summed E-state index contributed by atoms with van der Waals surface area (Å²) in [4.78, 5) is 11.8. The highest BCUT2D eigenvalue weighted by Crippen LogP contribution is 2.37. The van der Waals surface area contributed by atoms with Gasteiger partial charge in [-0.05, 0) is 43.3 Å². The van der Waals surface area contributed by atoms with Gasteiger partial charge in [0.25, 0.3) is 0 Å². The third-order valence-electron chi connectivity index (χ3n) is 4.21. The van der Waals surface area contributed by atoms with Gasteiger partial charge in [0, 0.05) is 0 Å². The first-order valence-corrected chi connectivity index (χ1v) is 7.99. The smallest absolute Gasteiger partial charge is 0.316 e. The highest BCUT2D eigenvalue weighted by molar-refractivity contribution is 5.77. The summed E-state index contributed by atoms with van der Waals surface area (Å²) in [5.74, 6) is 0.458. The maximum absolute atomic E-state index is 11.8. The molecule has 0 N–H and O–H groups in total. The van der Waals surface area contributed by atoms with Crippen molar-refractivity contribution in [3.63, 3.8) is 0 Å². The van der Waals surface area contributed by atoms with Crippen LogP contribution in [-0.4, -0.2) is 12.6 Å². The van der Waals surface area contributed by atoms with E-state index < -0.39 is 0 Å². The number of ether oxygens (including phenoxy) is 1. The topological polar surface area (TPSA) is 26.3 Å². The molecule has 2 rings (SSSR count). The molecule has 0 fully saturated rings. The van der Waals surface area contributed by atoms with Gasteiger partial charge in [-0.1, -0.05) is 50.5 Å². The van der Waals surface area contributed by atoms with E-state index in [0.717, 1.165) is 5.92 Å². The molecule has 2 nitrogen and oxygen atoms in total. The van der Waals surface area contributed by atoms with E-state index in [1.54, 1.807) is 0 Å². The fourth-order valence-electron chi connectivity index (χ4n) is 3.09. The number of unbranched alkanes of at least 4 members (excludes halogenated alkanes) is 2. The molecule has 0 aromatic carbocycles. The standard InChI is InChI=1S/C18H26O2/c1-3-5-6-7-14-12-16-10-8-15(18(19)20-4-2)9-11-17(16)13-14/h8-11,14-15H,3-7,12-13H2,1-2H3. The van der Waals surface area contributed by atoms with Crippen LogP contribution in [-0.2, 0) is 9.53 Å². The van der Waals surface area contributed by atoms with Crippen molar-refractivity contribution >= 4 is 5.97 Å². The van der Waals surface area contributed by atoms with Crippen molar-refractivity contribution in [1.82, 2.24) is 0 Å². The maximum Gasteiger partial charge on any atom is 0.316 e. The SMILES string of the molecule is CCCCCC1CC2=C(C=CC(C(=O)OCC)C=C2)C1. The Kier molecular flexibility index (Phi) is 5.63. The van der Waals surface area contributed by atoms with Crippen molar-refractivity contribution in [2.75, 3.05) is 6.61 Å². The highest BCUT2D eigenvalue weighted by Gasteiger charge is 2.24. The van der Waals surface area contributed by atoms with Gasteiger partial charge in [0.05, 0.1) is 12.5 Å². The number of hydrogen-bond donors (Lipinski definition) is 0. The van der Waals surface area contributed by atoms with Crippen LogP contribution in [0.15, 0.2) is 35.5 Å². The fourth-order valence-corrected chi connectivity index (χ4v) is 3.09. The quantitative estimate of drug-likeness (QED) is 0.523. The monoisotopic (exact) mass is 274 g/mol. The molecule has 0 unspecified atom stereocenters. The van der Waals surface area contributed by atoms with Crippen molar-refractivity contribution < 1.29 is 9.53 Å². The molecular weight excluding hydrogens is 248 g/mol. The van der Waals surface area contributed by atoms with Gasteiger partial charge in [0.15, 0.2) is 0 Å². The van der Waals surface area contributed by atoms with E-state index in [-0.39, 0.29) is 11.9 Å². The number of carbonyl (C=O) groups is 1. The minimum absolute atomic E-state index is 0.138. The molecule has 0 saturated carbocycles. The van der Waals surface area contributed by atoms with Crippen molar-refractivity contribution in [3.05, 3.63) is 35.5 Å². The lowest BCUT2D eigenvalue weighted by molar-refractivity contribution is -0.144.